The number of piperidine rings is 1. The Kier molecular flexibility index (Phi) is 4.49. The topological polar surface area (TPSA) is 61.8 Å². The fourth-order valence-electron chi connectivity index (χ4n) is 3.84. The number of likely N-dealkylation sites (tertiary alicyclic amines) is 1. The van der Waals surface area contributed by atoms with Crippen LogP contribution in [0.3, 0.4) is 0 Å². The van der Waals surface area contributed by atoms with E-state index in [0.717, 1.165) is 64.4 Å². The minimum atomic E-state index is -0.606. The number of carboxylic acid groups (broad SMARTS) is 1. The van der Waals surface area contributed by atoms with Gasteiger partial charge in [-0.3, -0.25) is 4.79 Å². The van der Waals surface area contributed by atoms with Gasteiger partial charge in [0.1, 0.15) is 0 Å². The number of hydrogen-bond donors (Lipinski definition) is 2. The van der Waals surface area contributed by atoms with Gasteiger partial charge in [-0.25, -0.2) is 0 Å². The summed E-state index contributed by atoms with van der Waals surface area (Å²) in [6.45, 7) is 6.87. The molecule has 22 heavy (non-hydrogen) atoms. The number of methoxy groups -OCH3 is 1. The summed E-state index contributed by atoms with van der Waals surface area (Å²) in [6, 6.07) is 0.702. The molecular weight excluding hydrogens is 280 g/mol. The molecule has 0 bridgehead atoms. The lowest BCUT2D eigenvalue weighted by Crippen LogP contribution is -2.49. The third-order valence-electron chi connectivity index (χ3n) is 6.05. The molecule has 5 nitrogen and oxygen atoms in total. The fourth-order valence-corrected chi connectivity index (χ4v) is 3.84. The summed E-state index contributed by atoms with van der Waals surface area (Å²) in [5.41, 5.74) is -0.198. The Hall–Kier alpha value is -0.650. The van der Waals surface area contributed by atoms with E-state index in [1.807, 2.05) is 0 Å². The molecule has 2 saturated carbocycles. The normalized spacial score (nSPS) is 32.6. The lowest BCUT2D eigenvalue weighted by Gasteiger charge is -2.42. The molecule has 1 heterocycles. The first kappa shape index (κ1) is 16.2. The summed E-state index contributed by atoms with van der Waals surface area (Å²) in [6.07, 6.45) is 5.21. The molecule has 5 heteroatoms. The van der Waals surface area contributed by atoms with Crippen LogP contribution in [-0.2, 0) is 9.53 Å². The van der Waals surface area contributed by atoms with E-state index < -0.39 is 11.4 Å². The fraction of sp³-hybridized carbons (Fsp3) is 0.941. The van der Waals surface area contributed by atoms with Crippen molar-refractivity contribution in [2.24, 2.45) is 16.7 Å². The Morgan fingerprint density at radius 2 is 1.95 bits per heavy atom. The average Bonchev–Trinajstić information content (AvgIpc) is 3.39. The maximum atomic E-state index is 11.3. The molecule has 3 rings (SSSR count). The molecule has 3 fully saturated rings. The number of nitrogens with one attached hydrogen (secondary N) is 1. The van der Waals surface area contributed by atoms with Crippen LogP contribution >= 0.6 is 0 Å². The van der Waals surface area contributed by atoms with Gasteiger partial charge in [-0.05, 0) is 51.1 Å². The minimum absolute atomic E-state index is 0.230. The van der Waals surface area contributed by atoms with Crippen molar-refractivity contribution in [3.05, 3.63) is 0 Å². The van der Waals surface area contributed by atoms with E-state index in [0.29, 0.717) is 6.04 Å². The molecule has 0 spiro atoms. The molecule has 1 aliphatic heterocycles. The molecule has 0 unspecified atom stereocenters. The number of nitrogens with zero attached hydrogens (tertiary/aromatic N) is 1. The summed E-state index contributed by atoms with van der Waals surface area (Å²) in [5, 5.41) is 13.0. The second-order valence-corrected chi connectivity index (χ2v) is 8.00. The smallest absolute Gasteiger partial charge is 0.310 e. The third-order valence-corrected chi connectivity index (χ3v) is 6.05. The number of ether oxygens (including phenoxy) is 1. The lowest BCUT2D eigenvalue weighted by atomic mass is 9.78. The van der Waals surface area contributed by atoms with E-state index >= 15 is 0 Å². The van der Waals surface area contributed by atoms with E-state index in [1.165, 1.54) is 6.42 Å². The van der Waals surface area contributed by atoms with Crippen LogP contribution in [0.2, 0.25) is 0 Å². The van der Waals surface area contributed by atoms with Crippen molar-refractivity contribution in [1.29, 1.82) is 0 Å². The molecule has 3 aliphatic rings. The van der Waals surface area contributed by atoms with Gasteiger partial charge in [0.15, 0.2) is 0 Å². The van der Waals surface area contributed by atoms with Crippen molar-refractivity contribution in [2.75, 3.05) is 39.9 Å². The van der Waals surface area contributed by atoms with Crippen LogP contribution in [-0.4, -0.2) is 61.9 Å². The van der Waals surface area contributed by atoms with Gasteiger partial charge in [-0.1, -0.05) is 6.92 Å². The summed E-state index contributed by atoms with van der Waals surface area (Å²) in [7, 11) is 1.79. The van der Waals surface area contributed by atoms with E-state index in [4.69, 9.17) is 4.74 Å². The number of carboxylic acids is 1. The molecule has 0 radical (unpaired) electrons. The second-order valence-electron chi connectivity index (χ2n) is 8.00. The van der Waals surface area contributed by atoms with Gasteiger partial charge in [0.25, 0.3) is 0 Å². The minimum Gasteiger partial charge on any atom is -0.481 e. The molecular formula is C17H30N2O3. The van der Waals surface area contributed by atoms with Crippen LogP contribution in [0.25, 0.3) is 0 Å². The first-order valence-electron chi connectivity index (χ1n) is 8.67. The zero-order valence-electron chi connectivity index (χ0n) is 13.9. The summed E-state index contributed by atoms with van der Waals surface area (Å²) in [4.78, 5) is 13.7. The Labute approximate surface area is 133 Å². The zero-order chi connectivity index (χ0) is 15.8. The van der Waals surface area contributed by atoms with Crippen molar-refractivity contribution >= 4 is 5.97 Å². The monoisotopic (exact) mass is 310 g/mol. The summed E-state index contributed by atoms with van der Waals surface area (Å²) >= 11 is 0. The Morgan fingerprint density at radius 3 is 2.41 bits per heavy atom. The quantitative estimate of drug-likeness (QED) is 0.713. The van der Waals surface area contributed by atoms with Crippen LogP contribution < -0.4 is 5.32 Å². The number of rotatable bonds is 8. The van der Waals surface area contributed by atoms with Crippen LogP contribution in [0, 0.1) is 16.7 Å². The second kappa shape index (κ2) is 6.10. The van der Waals surface area contributed by atoms with Gasteiger partial charge in [0.2, 0.25) is 0 Å². The Bertz CT molecular complexity index is 414. The van der Waals surface area contributed by atoms with Gasteiger partial charge in [0, 0.05) is 31.7 Å². The van der Waals surface area contributed by atoms with E-state index in [9.17, 15) is 9.90 Å². The SMILES string of the molecule is COCC1(CN[C@@H]2C[C@H]2C)CCN(CC2(C(=O)O)CC2)CC1. The molecule has 2 atom stereocenters. The number of aliphatic carboxylic acids is 1. The molecule has 0 aromatic rings. The van der Waals surface area contributed by atoms with E-state index in [2.05, 4.69) is 17.1 Å². The highest BCUT2D eigenvalue weighted by Crippen LogP contribution is 2.47. The highest BCUT2D eigenvalue weighted by atomic mass is 16.5. The largest absolute Gasteiger partial charge is 0.481 e. The summed E-state index contributed by atoms with van der Waals surface area (Å²) < 4.78 is 5.50. The van der Waals surface area contributed by atoms with E-state index in [1.54, 1.807) is 7.11 Å². The van der Waals surface area contributed by atoms with Crippen LogP contribution in [0.1, 0.15) is 39.0 Å². The highest BCUT2D eigenvalue weighted by Gasteiger charge is 2.51. The van der Waals surface area contributed by atoms with E-state index in [-0.39, 0.29) is 5.41 Å². The predicted octanol–water partition coefficient (Wildman–Crippen LogP) is 1.58. The standard InChI is InChI=1S/C17H30N2O3/c1-13-9-14(13)18-10-16(12-22-2)5-7-19(8-6-16)11-17(3-4-17)15(20)21/h13-14,18H,3-12H2,1-2H3,(H,20,21)/t13-,14-/m1/s1. The first-order chi connectivity index (χ1) is 10.5. The number of hydrogen-bond acceptors (Lipinski definition) is 4. The van der Waals surface area contributed by atoms with Gasteiger partial charge >= 0.3 is 5.97 Å². The zero-order valence-corrected chi connectivity index (χ0v) is 13.9. The molecule has 126 valence electrons. The average molecular weight is 310 g/mol. The van der Waals surface area contributed by atoms with Gasteiger partial charge in [0.05, 0.1) is 12.0 Å². The Morgan fingerprint density at radius 1 is 1.32 bits per heavy atom. The van der Waals surface area contributed by atoms with Crippen molar-refractivity contribution in [1.82, 2.24) is 10.2 Å². The maximum absolute atomic E-state index is 11.3. The van der Waals surface area contributed by atoms with Gasteiger partial charge in [-0.2, -0.15) is 0 Å². The summed E-state index contributed by atoms with van der Waals surface area (Å²) in [5.74, 6) is 0.218. The first-order valence-corrected chi connectivity index (χ1v) is 8.67. The Balaban J connectivity index is 1.49. The van der Waals surface area contributed by atoms with Crippen LogP contribution in [0.4, 0.5) is 0 Å². The van der Waals surface area contributed by atoms with Crippen molar-refractivity contribution in [2.45, 2.75) is 45.1 Å². The van der Waals surface area contributed by atoms with Crippen molar-refractivity contribution < 1.29 is 14.6 Å². The van der Waals surface area contributed by atoms with Crippen LogP contribution in [0.15, 0.2) is 0 Å². The predicted molar refractivity (Wildman–Crippen MR) is 84.9 cm³/mol. The third kappa shape index (κ3) is 3.47. The van der Waals surface area contributed by atoms with Crippen molar-refractivity contribution in [3.63, 3.8) is 0 Å². The molecule has 2 N–H and O–H groups in total. The lowest BCUT2D eigenvalue weighted by molar-refractivity contribution is -0.144. The molecule has 2 aliphatic carbocycles. The maximum Gasteiger partial charge on any atom is 0.310 e. The van der Waals surface area contributed by atoms with Gasteiger partial charge in [-0.15, -0.1) is 0 Å². The van der Waals surface area contributed by atoms with Crippen molar-refractivity contribution in [3.8, 4) is 0 Å². The molecule has 0 amide bonds. The van der Waals surface area contributed by atoms with Crippen LogP contribution in [0.5, 0.6) is 0 Å². The number of carbonyl (C=O) groups is 1. The highest BCUT2D eigenvalue weighted by molar-refractivity contribution is 5.78. The molecule has 0 aromatic heterocycles. The molecule has 0 aromatic carbocycles. The molecule has 1 saturated heterocycles. The van der Waals surface area contributed by atoms with Gasteiger partial charge < -0.3 is 20.1 Å².